The minimum atomic E-state index is -0.703. The highest BCUT2D eigenvalue weighted by atomic mass is 35.5. The van der Waals surface area contributed by atoms with Crippen LogP contribution >= 0.6 is 11.6 Å². The Morgan fingerprint density at radius 2 is 1.49 bits per heavy atom. The quantitative estimate of drug-likeness (QED) is 0.449. The van der Waals surface area contributed by atoms with Gasteiger partial charge >= 0.3 is 11.9 Å². The smallest absolute Gasteiger partial charge is 0.339 e. The highest BCUT2D eigenvalue weighted by Gasteiger charge is 2.22. The van der Waals surface area contributed by atoms with Crippen LogP contribution in [0.5, 0.6) is 0 Å². The Labute approximate surface area is 207 Å². The first kappa shape index (κ1) is 25.5. The molecule has 0 fully saturated rings. The zero-order valence-electron chi connectivity index (χ0n) is 19.0. The van der Waals surface area contributed by atoms with Gasteiger partial charge in [-0.3, -0.25) is 9.59 Å². The number of hydrogen-bond donors (Lipinski definition) is 2. The van der Waals surface area contributed by atoms with Crippen molar-refractivity contribution >= 4 is 41.0 Å². The topological polar surface area (TPSA) is 111 Å². The maximum atomic E-state index is 13.0. The molecule has 0 aliphatic heterocycles. The van der Waals surface area contributed by atoms with E-state index in [2.05, 4.69) is 10.6 Å². The highest BCUT2D eigenvalue weighted by Crippen LogP contribution is 2.23. The molecule has 0 unspecified atom stereocenters. The van der Waals surface area contributed by atoms with Crippen LogP contribution in [0.2, 0.25) is 5.02 Å². The molecule has 1 atom stereocenters. The number of amides is 2. The molecule has 0 aromatic heterocycles. The lowest BCUT2D eigenvalue weighted by Crippen LogP contribution is -2.32. The first-order valence-electron chi connectivity index (χ1n) is 10.5. The van der Waals surface area contributed by atoms with Crippen LogP contribution in [0.3, 0.4) is 0 Å². The largest absolute Gasteiger partial charge is 0.465 e. The molecule has 0 heterocycles. The molecule has 3 aromatic carbocycles. The molecule has 3 rings (SSSR count). The van der Waals surface area contributed by atoms with Gasteiger partial charge in [0.25, 0.3) is 5.91 Å². The molecule has 0 saturated carbocycles. The van der Waals surface area contributed by atoms with Crippen LogP contribution in [0.25, 0.3) is 0 Å². The van der Waals surface area contributed by atoms with Crippen LogP contribution in [0, 0.1) is 0 Å². The number of esters is 2. The van der Waals surface area contributed by atoms with Crippen LogP contribution in [0.4, 0.5) is 5.69 Å². The van der Waals surface area contributed by atoms with Gasteiger partial charge in [0.15, 0.2) is 0 Å². The molecule has 0 radical (unpaired) electrons. The molecular weight excluding hydrogens is 472 g/mol. The number of methoxy groups -OCH3 is 2. The SMILES string of the molecule is COC(=O)c1ccc(C(=O)OC)c(NC(=O)C[C@H](NC(=O)c2ccccc2Cl)c2ccccc2)c1. The first-order chi connectivity index (χ1) is 16.8. The van der Waals surface area contributed by atoms with Crippen molar-refractivity contribution in [1.29, 1.82) is 0 Å². The van der Waals surface area contributed by atoms with E-state index in [1.807, 2.05) is 6.07 Å². The van der Waals surface area contributed by atoms with Crippen molar-refractivity contribution in [2.75, 3.05) is 19.5 Å². The van der Waals surface area contributed by atoms with Gasteiger partial charge in [0.05, 0.1) is 54.1 Å². The normalized spacial score (nSPS) is 11.2. The van der Waals surface area contributed by atoms with E-state index in [1.165, 1.54) is 32.4 Å². The summed E-state index contributed by atoms with van der Waals surface area (Å²) in [7, 11) is 2.43. The van der Waals surface area contributed by atoms with Gasteiger partial charge in [-0.15, -0.1) is 0 Å². The third kappa shape index (κ3) is 6.45. The number of rotatable bonds is 8. The lowest BCUT2D eigenvalue weighted by molar-refractivity contribution is -0.116. The van der Waals surface area contributed by atoms with Crippen LogP contribution in [-0.4, -0.2) is 38.0 Å². The van der Waals surface area contributed by atoms with E-state index in [4.69, 9.17) is 21.1 Å². The third-order valence-corrected chi connectivity index (χ3v) is 5.46. The summed E-state index contributed by atoms with van der Waals surface area (Å²) in [5.41, 5.74) is 1.25. The summed E-state index contributed by atoms with van der Waals surface area (Å²) < 4.78 is 9.49. The minimum Gasteiger partial charge on any atom is -0.465 e. The lowest BCUT2D eigenvalue weighted by atomic mass is 10.0. The van der Waals surface area contributed by atoms with Crippen molar-refractivity contribution in [1.82, 2.24) is 5.32 Å². The van der Waals surface area contributed by atoms with Crippen LogP contribution in [0.1, 0.15) is 49.1 Å². The molecule has 3 aromatic rings. The van der Waals surface area contributed by atoms with E-state index in [0.29, 0.717) is 5.56 Å². The fourth-order valence-electron chi connectivity index (χ4n) is 3.39. The lowest BCUT2D eigenvalue weighted by Gasteiger charge is -2.20. The van der Waals surface area contributed by atoms with Crippen molar-refractivity contribution in [3.63, 3.8) is 0 Å². The average molecular weight is 495 g/mol. The van der Waals surface area contributed by atoms with Crippen LogP contribution in [0.15, 0.2) is 72.8 Å². The summed E-state index contributed by atoms with van der Waals surface area (Å²) in [5.74, 6) is -2.28. The number of carbonyl (C=O) groups is 4. The fourth-order valence-corrected chi connectivity index (χ4v) is 3.61. The first-order valence-corrected chi connectivity index (χ1v) is 10.9. The summed E-state index contributed by atoms with van der Waals surface area (Å²) in [6, 6.07) is 18.9. The summed E-state index contributed by atoms with van der Waals surface area (Å²) in [6.45, 7) is 0. The van der Waals surface area contributed by atoms with Gasteiger partial charge < -0.3 is 20.1 Å². The van der Waals surface area contributed by atoms with Gasteiger partial charge in [-0.25, -0.2) is 9.59 Å². The van der Waals surface area contributed by atoms with E-state index < -0.39 is 29.8 Å². The predicted molar refractivity (Wildman–Crippen MR) is 130 cm³/mol. The second kappa shape index (κ2) is 11.8. The maximum absolute atomic E-state index is 13.0. The van der Waals surface area contributed by atoms with Gasteiger partial charge in [0.1, 0.15) is 0 Å². The molecule has 8 nitrogen and oxygen atoms in total. The summed E-state index contributed by atoms with van der Waals surface area (Å²) in [4.78, 5) is 50.0. The average Bonchev–Trinajstić information content (AvgIpc) is 2.88. The Kier molecular flexibility index (Phi) is 8.58. The Hall–Kier alpha value is -4.17. The van der Waals surface area contributed by atoms with Crippen molar-refractivity contribution in [3.8, 4) is 0 Å². The molecule has 2 amide bonds. The fraction of sp³-hybridized carbons (Fsp3) is 0.154. The molecular formula is C26H23ClN2O6. The third-order valence-electron chi connectivity index (χ3n) is 5.14. The summed E-state index contributed by atoms with van der Waals surface area (Å²) in [6.07, 6.45) is -0.163. The van der Waals surface area contributed by atoms with Gasteiger partial charge in [0, 0.05) is 0 Å². The number of halogens is 1. The van der Waals surface area contributed by atoms with E-state index in [-0.39, 0.29) is 33.8 Å². The molecule has 0 aliphatic rings. The monoisotopic (exact) mass is 494 g/mol. The Morgan fingerprint density at radius 1 is 0.829 bits per heavy atom. The van der Waals surface area contributed by atoms with Crippen molar-refractivity contribution in [3.05, 3.63) is 100 Å². The summed E-state index contributed by atoms with van der Waals surface area (Å²) >= 11 is 6.15. The number of ether oxygens (including phenoxy) is 2. The van der Waals surface area contributed by atoms with Crippen molar-refractivity contribution < 1.29 is 28.7 Å². The second-order valence-electron chi connectivity index (χ2n) is 7.41. The molecule has 0 bridgehead atoms. The number of anilines is 1. The van der Waals surface area contributed by atoms with Crippen LogP contribution in [-0.2, 0) is 14.3 Å². The predicted octanol–water partition coefficient (Wildman–Crippen LogP) is 4.41. The summed E-state index contributed by atoms with van der Waals surface area (Å²) in [5, 5.41) is 5.77. The number of benzene rings is 3. The van der Waals surface area contributed by atoms with Gasteiger partial charge in [-0.1, -0.05) is 54.1 Å². The zero-order chi connectivity index (χ0) is 25.4. The van der Waals surface area contributed by atoms with Gasteiger partial charge in [-0.05, 0) is 35.9 Å². The van der Waals surface area contributed by atoms with E-state index >= 15 is 0 Å². The number of nitrogens with one attached hydrogen (secondary N) is 2. The molecule has 2 N–H and O–H groups in total. The standard InChI is InChI=1S/C26H23ClN2O6/c1-34-25(32)17-12-13-19(26(33)35-2)22(14-17)28-23(30)15-21(16-8-4-3-5-9-16)29-24(31)18-10-6-7-11-20(18)27/h3-14,21H,15H2,1-2H3,(H,28,30)(H,29,31)/t21-/m0/s1. The Morgan fingerprint density at radius 3 is 2.14 bits per heavy atom. The molecule has 180 valence electrons. The molecule has 0 saturated heterocycles. The van der Waals surface area contributed by atoms with Crippen LogP contribution < -0.4 is 10.6 Å². The number of carbonyl (C=O) groups excluding carboxylic acids is 4. The second-order valence-corrected chi connectivity index (χ2v) is 7.82. The van der Waals surface area contributed by atoms with E-state index in [0.717, 1.165) is 0 Å². The molecule has 9 heteroatoms. The van der Waals surface area contributed by atoms with Crippen molar-refractivity contribution in [2.24, 2.45) is 0 Å². The van der Waals surface area contributed by atoms with Gasteiger partial charge in [0.2, 0.25) is 5.91 Å². The molecule has 0 spiro atoms. The van der Waals surface area contributed by atoms with E-state index in [1.54, 1.807) is 48.5 Å². The highest BCUT2D eigenvalue weighted by molar-refractivity contribution is 6.33. The molecule has 35 heavy (non-hydrogen) atoms. The van der Waals surface area contributed by atoms with E-state index in [9.17, 15) is 19.2 Å². The zero-order valence-corrected chi connectivity index (χ0v) is 19.8. The minimum absolute atomic E-state index is 0.0601. The molecule has 0 aliphatic carbocycles. The Balaban J connectivity index is 1.87. The maximum Gasteiger partial charge on any atom is 0.339 e. The van der Waals surface area contributed by atoms with Crippen molar-refractivity contribution in [2.45, 2.75) is 12.5 Å². The van der Waals surface area contributed by atoms with Gasteiger partial charge in [-0.2, -0.15) is 0 Å². The number of hydrogen-bond acceptors (Lipinski definition) is 6. The Bertz CT molecular complexity index is 1250.